The molecule has 0 saturated heterocycles. The number of hydrogen-bond acceptors (Lipinski definition) is 3. The average Bonchev–Trinajstić information content (AvgIpc) is 2.33. The van der Waals surface area contributed by atoms with Gasteiger partial charge in [0, 0.05) is 16.2 Å². The van der Waals surface area contributed by atoms with Gasteiger partial charge in [0.05, 0.1) is 5.69 Å². The van der Waals surface area contributed by atoms with Crippen molar-refractivity contribution in [2.75, 3.05) is 0 Å². The molecule has 1 aromatic carbocycles. The van der Waals surface area contributed by atoms with E-state index in [1.165, 1.54) is 0 Å². The van der Waals surface area contributed by atoms with E-state index in [1.807, 2.05) is 39.0 Å². The molecule has 4 heteroatoms. The van der Waals surface area contributed by atoms with Crippen LogP contribution in [0.25, 0.3) is 0 Å². The summed E-state index contributed by atoms with van der Waals surface area (Å²) in [7, 11) is 0. The molecule has 3 nitrogen and oxygen atoms in total. The Labute approximate surface area is 121 Å². The quantitative estimate of drug-likeness (QED) is 0.823. The molecule has 0 saturated carbocycles. The fourth-order valence-corrected chi connectivity index (χ4v) is 2.06. The van der Waals surface area contributed by atoms with E-state index in [9.17, 15) is 5.26 Å². The standard InChI is InChI=1S/C15H13BrN2O/c1-9-6-12(4-5-14(9)16)19-15-7-10(2)18-11(3)13(15)8-17/h4-7H,1-3H3. The molecule has 2 aromatic rings. The lowest BCUT2D eigenvalue weighted by atomic mass is 10.2. The zero-order chi connectivity index (χ0) is 14.0. The van der Waals surface area contributed by atoms with Crippen molar-refractivity contribution in [3.05, 3.63) is 51.3 Å². The Morgan fingerprint density at radius 3 is 2.58 bits per heavy atom. The van der Waals surface area contributed by atoms with Gasteiger partial charge in [-0.1, -0.05) is 15.9 Å². The lowest BCUT2D eigenvalue weighted by Crippen LogP contribution is -1.96. The molecule has 0 bridgehead atoms. The minimum atomic E-state index is 0.478. The van der Waals surface area contributed by atoms with Crippen LogP contribution in [-0.4, -0.2) is 4.98 Å². The SMILES string of the molecule is Cc1cc(Oc2ccc(Br)c(C)c2)c(C#N)c(C)n1. The van der Waals surface area contributed by atoms with Gasteiger partial charge in [0.1, 0.15) is 23.1 Å². The molecule has 1 heterocycles. The number of nitriles is 1. The second-order valence-corrected chi connectivity index (χ2v) is 5.20. The molecule has 0 atom stereocenters. The summed E-state index contributed by atoms with van der Waals surface area (Å²) in [6.45, 7) is 5.68. The summed E-state index contributed by atoms with van der Waals surface area (Å²) in [5.41, 5.74) is 3.08. The summed E-state index contributed by atoms with van der Waals surface area (Å²) in [4.78, 5) is 4.27. The summed E-state index contributed by atoms with van der Waals surface area (Å²) in [6, 6.07) is 9.64. The molecule has 19 heavy (non-hydrogen) atoms. The fourth-order valence-electron chi connectivity index (χ4n) is 1.82. The van der Waals surface area contributed by atoms with Crippen LogP contribution < -0.4 is 4.74 Å². The second-order valence-electron chi connectivity index (χ2n) is 4.35. The molecule has 1 aromatic heterocycles. The summed E-state index contributed by atoms with van der Waals surface area (Å²) in [6.07, 6.45) is 0. The van der Waals surface area contributed by atoms with Crippen molar-refractivity contribution in [1.29, 1.82) is 5.26 Å². The second kappa shape index (κ2) is 5.41. The third-order valence-electron chi connectivity index (χ3n) is 2.76. The molecule has 0 fully saturated rings. The number of rotatable bonds is 2. The van der Waals surface area contributed by atoms with E-state index < -0.39 is 0 Å². The molecular weight excluding hydrogens is 304 g/mol. The highest BCUT2D eigenvalue weighted by atomic mass is 79.9. The highest BCUT2D eigenvalue weighted by Crippen LogP contribution is 2.29. The molecule has 0 spiro atoms. The molecule has 96 valence electrons. The Balaban J connectivity index is 2.43. The molecule has 0 aliphatic heterocycles. The fraction of sp³-hybridized carbons (Fsp3) is 0.200. The van der Waals surface area contributed by atoms with Gasteiger partial charge in [0.2, 0.25) is 0 Å². The molecular formula is C15H13BrN2O. The number of ether oxygens (including phenoxy) is 1. The van der Waals surface area contributed by atoms with Crippen molar-refractivity contribution in [3.8, 4) is 17.6 Å². The summed E-state index contributed by atoms with van der Waals surface area (Å²) < 4.78 is 6.84. The van der Waals surface area contributed by atoms with Gasteiger partial charge in [-0.05, 0) is 44.5 Å². The van der Waals surface area contributed by atoms with Gasteiger partial charge < -0.3 is 4.74 Å². The Bertz CT molecular complexity index is 675. The predicted molar refractivity (Wildman–Crippen MR) is 77.4 cm³/mol. The first-order chi connectivity index (χ1) is 9.01. The van der Waals surface area contributed by atoms with E-state index in [0.717, 1.165) is 15.7 Å². The van der Waals surface area contributed by atoms with Crippen LogP contribution >= 0.6 is 15.9 Å². The Hall–Kier alpha value is -1.86. The number of benzene rings is 1. The highest BCUT2D eigenvalue weighted by molar-refractivity contribution is 9.10. The van der Waals surface area contributed by atoms with Crippen molar-refractivity contribution in [2.24, 2.45) is 0 Å². The van der Waals surface area contributed by atoms with E-state index in [4.69, 9.17) is 4.74 Å². The van der Waals surface area contributed by atoms with Gasteiger partial charge in [0.25, 0.3) is 0 Å². The predicted octanol–water partition coefficient (Wildman–Crippen LogP) is 4.43. The normalized spacial score (nSPS) is 10.1. The van der Waals surface area contributed by atoms with Crippen LogP contribution in [0.1, 0.15) is 22.5 Å². The van der Waals surface area contributed by atoms with Crippen molar-refractivity contribution >= 4 is 15.9 Å². The Morgan fingerprint density at radius 2 is 1.95 bits per heavy atom. The topological polar surface area (TPSA) is 45.9 Å². The van der Waals surface area contributed by atoms with Gasteiger partial charge >= 0.3 is 0 Å². The van der Waals surface area contributed by atoms with E-state index >= 15 is 0 Å². The number of halogens is 1. The Kier molecular flexibility index (Phi) is 3.87. The zero-order valence-corrected chi connectivity index (χ0v) is 12.6. The van der Waals surface area contributed by atoms with Gasteiger partial charge in [-0.15, -0.1) is 0 Å². The van der Waals surface area contributed by atoms with E-state index in [0.29, 0.717) is 22.8 Å². The van der Waals surface area contributed by atoms with E-state index in [1.54, 1.807) is 6.07 Å². The van der Waals surface area contributed by atoms with Crippen molar-refractivity contribution in [1.82, 2.24) is 4.98 Å². The van der Waals surface area contributed by atoms with Crippen LogP contribution in [0.3, 0.4) is 0 Å². The first-order valence-corrected chi connectivity index (χ1v) is 6.63. The smallest absolute Gasteiger partial charge is 0.148 e. The minimum absolute atomic E-state index is 0.478. The highest BCUT2D eigenvalue weighted by Gasteiger charge is 2.10. The van der Waals surface area contributed by atoms with Crippen LogP contribution in [0.15, 0.2) is 28.7 Å². The molecule has 0 aliphatic carbocycles. The number of nitrogens with zero attached hydrogens (tertiary/aromatic N) is 2. The zero-order valence-electron chi connectivity index (χ0n) is 11.0. The summed E-state index contributed by atoms with van der Waals surface area (Å²) in [5.74, 6) is 1.26. The molecule has 0 N–H and O–H groups in total. The number of pyridine rings is 1. The minimum Gasteiger partial charge on any atom is -0.456 e. The van der Waals surface area contributed by atoms with Gasteiger partial charge in [-0.3, -0.25) is 4.98 Å². The number of hydrogen-bond donors (Lipinski definition) is 0. The van der Waals surface area contributed by atoms with Crippen molar-refractivity contribution in [3.63, 3.8) is 0 Å². The average molecular weight is 317 g/mol. The van der Waals surface area contributed by atoms with E-state index in [-0.39, 0.29) is 0 Å². The van der Waals surface area contributed by atoms with Gasteiger partial charge in [-0.2, -0.15) is 5.26 Å². The molecule has 0 amide bonds. The largest absolute Gasteiger partial charge is 0.456 e. The monoisotopic (exact) mass is 316 g/mol. The first kappa shape index (κ1) is 13.6. The molecule has 0 unspecified atom stereocenters. The van der Waals surface area contributed by atoms with Gasteiger partial charge in [0.15, 0.2) is 0 Å². The van der Waals surface area contributed by atoms with Crippen LogP contribution in [0.5, 0.6) is 11.5 Å². The molecule has 0 aliphatic rings. The maximum absolute atomic E-state index is 9.19. The van der Waals surface area contributed by atoms with Crippen molar-refractivity contribution < 1.29 is 4.74 Å². The van der Waals surface area contributed by atoms with Crippen LogP contribution in [0.2, 0.25) is 0 Å². The maximum atomic E-state index is 9.19. The number of aromatic nitrogens is 1. The summed E-state index contributed by atoms with van der Waals surface area (Å²) >= 11 is 3.45. The molecule has 0 radical (unpaired) electrons. The lowest BCUT2D eigenvalue weighted by Gasteiger charge is -2.11. The van der Waals surface area contributed by atoms with Gasteiger partial charge in [-0.25, -0.2) is 0 Å². The third-order valence-corrected chi connectivity index (χ3v) is 3.65. The van der Waals surface area contributed by atoms with Crippen LogP contribution in [-0.2, 0) is 0 Å². The van der Waals surface area contributed by atoms with Crippen LogP contribution in [0.4, 0.5) is 0 Å². The maximum Gasteiger partial charge on any atom is 0.148 e. The summed E-state index contributed by atoms with van der Waals surface area (Å²) in [5, 5.41) is 9.19. The third kappa shape index (κ3) is 2.94. The van der Waals surface area contributed by atoms with Crippen molar-refractivity contribution in [2.45, 2.75) is 20.8 Å². The Morgan fingerprint density at radius 1 is 1.21 bits per heavy atom. The van der Waals surface area contributed by atoms with Crippen LogP contribution in [0, 0.1) is 32.1 Å². The van der Waals surface area contributed by atoms with E-state index in [2.05, 4.69) is 27.0 Å². The first-order valence-electron chi connectivity index (χ1n) is 5.83. The lowest BCUT2D eigenvalue weighted by molar-refractivity contribution is 0.478. The molecule has 2 rings (SSSR count). The number of aryl methyl sites for hydroxylation is 3.